The van der Waals surface area contributed by atoms with E-state index in [1.54, 1.807) is 41.0 Å². The molecule has 0 saturated carbocycles. The van der Waals surface area contributed by atoms with Crippen LogP contribution in [-0.4, -0.2) is 60.0 Å². The fourth-order valence-corrected chi connectivity index (χ4v) is 3.63. The molecule has 0 aliphatic carbocycles. The zero-order valence-corrected chi connectivity index (χ0v) is 18.8. The van der Waals surface area contributed by atoms with Gasteiger partial charge < -0.3 is 19.9 Å². The Balaban J connectivity index is 1.94. The Bertz CT molecular complexity index is 726. The minimum atomic E-state index is -0.262. The number of halogens is 1. The number of nitrogens with zero attached hydrogens (tertiary/aromatic N) is 2. The van der Waals surface area contributed by atoms with E-state index >= 15 is 0 Å². The van der Waals surface area contributed by atoms with E-state index in [9.17, 15) is 14.4 Å². The van der Waals surface area contributed by atoms with Crippen molar-refractivity contribution in [2.75, 3.05) is 31.6 Å². The first-order chi connectivity index (χ1) is 14.3. The van der Waals surface area contributed by atoms with Crippen molar-refractivity contribution in [3.8, 4) is 0 Å². The fourth-order valence-electron chi connectivity index (χ4n) is 3.50. The van der Waals surface area contributed by atoms with Crippen molar-refractivity contribution in [2.45, 2.75) is 52.5 Å². The zero-order valence-electron chi connectivity index (χ0n) is 18.0. The van der Waals surface area contributed by atoms with Gasteiger partial charge in [-0.3, -0.25) is 9.59 Å². The molecule has 7 nitrogen and oxygen atoms in total. The molecule has 30 heavy (non-hydrogen) atoms. The number of likely N-dealkylation sites (tertiary alicyclic amines) is 1. The average Bonchev–Trinajstić information content (AvgIpc) is 2.75. The molecule has 0 radical (unpaired) electrons. The van der Waals surface area contributed by atoms with Gasteiger partial charge in [0, 0.05) is 42.8 Å². The van der Waals surface area contributed by atoms with Gasteiger partial charge in [-0.2, -0.15) is 0 Å². The van der Waals surface area contributed by atoms with Gasteiger partial charge in [-0.15, -0.1) is 0 Å². The number of anilines is 1. The summed E-state index contributed by atoms with van der Waals surface area (Å²) in [6, 6.07) is 6.64. The van der Waals surface area contributed by atoms with Crippen molar-refractivity contribution >= 4 is 35.2 Å². The van der Waals surface area contributed by atoms with Gasteiger partial charge in [-0.1, -0.05) is 18.5 Å². The third-order valence-electron chi connectivity index (χ3n) is 5.44. The third kappa shape index (κ3) is 6.90. The zero-order chi connectivity index (χ0) is 22.1. The first-order valence-corrected chi connectivity index (χ1v) is 11.0. The largest absolute Gasteiger partial charge is 0.466 e. The van der Waals surface area contributed by atoms with Crippen LogP contribution in [0, 0.1) is 5.92 Å². The van der Waals surface area contributed by atoms with Crippen LogP contribution in [0.5, 0.6) is 0 Å². The molecule has 2 unspecified atom stereocenters. The standard InChI is InChI=1S/C22H32ClN3O4/c1-4-16(3)26(22(29)24-19-10-8-18(23)9-11-19)14-12-20(27)25-13-6-7-17(15-25)21(28)30-5-2/h8-11,16-17H,4-7,12-15H2,1-3H3,(H,24,29). The van der Waals surface area contributed by atoms with Crippen LogP contribution < -0.4 is 5.32 Å². The molecule has 1 heterocycles. The predicted octanol–water partition coefficient (Wildman–Crippen LogP) is 4.16. The Morgan fingerprint density at radius 3 is 2.60 bits per heavy atom. The number of carbonyl (C=O) groups excluding carboxylic acids is 3. The summed E-state index contributed by atoms with van der Waals surface area (Å²) < 4.78 is 5.10. The Labute approximate surface area is 183 Å². The molecule has 0 aromatic heterocycles. The summed E-state index contributed by atoms with van der Waals surface area (Å²) in [5, 5.41) is 3.46. The molecular formula is C22H32ClN3O4. The quantitative estimate of drug-likeness (QED) is 0.619. The van der Waals surface area contributed by atoms with E-state index in [4.69, 9.17) is 16.3 Å². The fraction of sp³-hybridized carbons (Fsp3) is 0.591. The molecule has 1 aromatic rings. The van der Waals surface area contributed by atoms with Crippen LogP contribution in [0.2, 0.25) is 5.02 Å². The summed E-state index contributed by atoms with van der Waals surface area (Å²) >= 11 is 5.90. The Morgan fingerprint density at radius 2 is 1.97 bits per heavy atom. The molecule has 0 bridgehead atoms. The lowest BCUT2D eigenvalue weighted by molar-refractivity contribution is -0.151. The summed E-state index contributed by atoms with van der Waals surface area (Å²) in [5.41, 5.74) is 0.650. The number of carbonyl (C=O) groups is 3. The van der Waals surface area contributed by atoms with Gasteiger partial charge in [-0.25, -0.2) is 4.79 Å². The van der Waals surface area contributed by atoms with Crippen molar-refractivity contribution in [1.82, 2.24) is 9.80 Å². The number of esters is 1. The van der Waals surface area contributed by atoms with Crippen LogP contribution in [0.4, 0.5) is 10.5 Å². The first-order valence-electron chi connectivity index (χ1n) is 10.6. The van der Waals surface area contributed by atoms with Gasteiger partial charge in [0.25, 0.3) is 0 Å². The monoisotopic (exact) mass is 437 g/mol. The lowest BCUT2D eigenvalue weighted by Crippen LogP contribution is -2.46. The molecule has 1 aliphatic rings. The lowest BCUT2D eigenvalue weighted by Gasteiger charge is -2.33. The molecule has 166 valence electrons. The highest BCUT2D eigenvalue weighted by molar-refractivity contribution is 6.30. The SMILES string of the molecule is CCOC(=O)C1CCCN(C(=O)CCN(C(=O)Nc2ccc(Cl)cc2)C(C)CC)C1. The maximum absolute atomic E-state index is 12.8. The first kappa shape index (κ1) is 24.0. The number of hydrogen-bond donors (Lipinski definition) is 1. The van der Waals surface area contributed by atoms with E-state index in [-0.39, 0.29) is 36.3 Å². The number of ether oxygens (including phenoxy) is 1. The maximum atomic E-state index is 12.8. The molecule has 2 atom stereocenters. The summed E-state index contributed by atoms with van der Waals surface area (Å²) in [6.45, 7) is 7.42. The molecule has 8 heteroatoms. The molecule has 0 spiro atoms. The lowest BCUT2D eigenvalue weighted by atomic mass is 9.98. The number of urea groups is 1. The molecule has 1 fully saturated rings. The highest BCUT2D eigenvalue weighted by Crippen LogP contribution is 2.19. The van der Waals surface area contributed by atoms with Gasteiger partial charge >= 0.3 is 12.0 Å². The third-order valence-corrected chi connectivity index (χ3v) is 5.69. The van der Waals surface area contributed by atoms with Crippen LogP contribution in [0.25, 0.3) is 0 Å². The van der Waals surface area contributed by atoms with E-state index in [2.05, 4.69) is 5.32 Å². The second-order valence-electron chi connectivity index (χ2n) is 7.57. The van der Waals surface area contributed by atoms with Gasteiger partial charge in [0.1, 0.15) is 0 Å². The van der Waals surface area contributed by atoms with Crippen LogP contribution in [0.1, 0.15) is 46.5 Å². The van der Waals surface area contributed by atoms with Gasteiger partial charge in [-0.05, 0) is 57.4 Å². The normalized spacial score (nSPS) is 17.2. The highest BCUT2D eigenvalue weighted by atomic mass is 35.5. The number of nitrogens with one attached hydrogen (secondary N) is 1. The minimum Gasteiger partial charge on any atom is -0.466 e. The van der Waals surface area contributed by atoms with Crippen molar-refractivity contribution in [3.63, 3.8) is 0 Å². The molecular weight excluding hydrogens is 406 g/mol. The molecule has 1 aromatic carbocycles. The summed E-state index contributed by atoms with van der Waals surface area (Å²) in [5.74, 6) is -0.545. The molecule has 1 aliphatic heterocycles. The molecule has 1 saturated heterocycles. The minimum absolute atomic E-state index is 0.0151. The van der Waals surface area contributed by atoms with Crippen LogP contribution in [0.15, 0.2) is 24.3 Å². The van der Waals surface area contributed by atoms with Crippen molar-refractivity contribution in [1.29, 1.82) is 0 Å². The number of rotatable bonds is 8. The number of hydrogen-bond acceptors (Lipinski definition) is 4. The number of benzene rings is 1. The van der Waals surface area contributed by atoms with E-state index in [0.717, 1.165) is 19.3 Å². The molecule has 2 rings (SSSR count). The number of amides is 3. The Morgan fingerprint density at radius 1 is 1.27 bits per heavy atom. The molecule has 3 amide bonds. The highest BCUT2D eigenvalue weighted by Gasteiger charge is 2.30. The summed E-state index contributed by atoms with van der Waals surface area (Å²) in [4.78, 5) is 41.0. The van der Waals surface area contributed by atoms with Crippen LogP contribution in [0.3, 0.4) is 0 Å². The van der Waals surface area contributed by atoms with E-state index in [1.165, 1.54) is 0 Å². The van der Waals surface area contributed by atoms with E-state index in [0.29, 0.717) is 37.0 Å². The smallest absolute Gasteiger partial charge is 0.322 e. The van der Waals surface area contributed by atoms with Crippen molar-refractivity contribution in [2.24, 2.45) is 5.92 Å². The van der Waals surface area contributed by atoms with Gasteiger partial charge in [0.15, 0.2) is 0 Å². The second kappa shape index (κ2) is 11.8. The van der Waals surface area contributed by atoms with Crippen molar-refractivity contribution in [3.05, 3.63) is 29.3 Å². The molecule has 1 N–H and O–H groups in total. The maximum Gasteiger partial charge on any atom is 0.322 e. The van der Waals surface area contributed by atoms with Crippen LogP contribution in [-0.2, 0) is 14.3 Å². The Hall–Kier alpha value is -2.28. The number of piperidine rings is 1. The van der Waals surface area contributed by atoms with E-state index in [1.807, 2.05) is 13.8 Å². The van der Waals surface area contributed by atoms with Crippen molar-refractivity contribution < 1.29 is 19.1 Å². The second-order valence-corrected chi connectivity index (χ2v) is 8.01. The van der Waals surface area contributed by atoms with Gasteiger partial charge in [0.2, 0.25) is 5.91 Å². The summed E-state index contributed by atoms with van der Waals surface area (Å²) in [7, 11) is 0. The average molecular weight is 438 g/mol. The summed E-state index contributed by atoms with van der Waals surface area (Å²) in [6.07, 6.45) is 2.51. The van der Waals surface area contributed by atoms with E-state index < -0.39 is 0 Å². The topological polar surface area (TPSA) is 79.0 Å². The Kier molecular flexibility index (Phi) is 9.43. The van der Waals surface area contributed by atoms with Crippen LogP contribution >= 0.6 is 11.6 Å². The van der Waals surface area contributed by atoms with Gasteiger partial charge in [0.05, 0.1) is 12.5 Å². The predicted molar refractivity (Wildman–Crippen MR) is 117 cm³/mol.